The van der Waals surface area contributed by atoms with Gasteiger partial charge in [-0.3, -0.25) is 9.59 Å². The largest absolute Gasteiger partial charge is 0.346 e. The Morgan fingerprint density at radius 2 is 2.25 bits per heavy atom. The lowest BCUT2D eigenvalue weighted by Crippen LogP contribution is -2.38. The Morgan fingerprint density at radius 3 is 2.80 bits per heavy atom. The molecule has 0 bridgehead atoms. The Hall–Kier alpha value is -1.91. The summed E-state index contributed by atoms with van der Waals surface area (Å²) < 4.78 is 0. The van der Waals surface area contributed by atoms with Gasteiger partial charge in [0.05, 0.1) is 5.69 Å². The number of hydrogen-bond donors (Lipinski definition) is 2. The third kappa shape index (κ3) is 3.15. The van der Waals surface area contributed by atoms with Crippen molar-refractivity contribution >= 4 is 5.91 Å². The van der Waals surface area contributed by atoms with Crippen molar-refractivity contribution in [3.8, 4) is 0 Å². The van der Waals surface area contributed by atoms with Crippen LogP contribution in [0, 0.1) is 6.92 Å². The van der Waals surface area contributed by atoms with Crippen molar-refractivity contribution in [1.29, 1.82) is 0 Å². The summed E-state index contributed by atoms with van der Waals surface area (Å²) in [5.74, 6) is 0.393. The highest BCUT2D eigenvalue weighted by atomic mass is 16.2. The zero-order valence-electron chi connectivity index (χ0n) is 12.2. The van der Waals surface area contributed by atoms with Crippen LogP contribution < -0.4 is 10.9 Å². The quantitative estimate of drug-likeness (QED) is 0.829. The average Bonchev–Trinajstić information content (AvgIpc) is 2.38. The highest BCUT2D eigenvalue weighted by Crippen LogP contribution is 2.12. The minimum Gasteiger partial charge on any atom is -0.346 e. The lowest BCUT2D eigenvalue weighted by molar-refractivity contribution is 0.0939. The fourth-order valence-corrected chi connectivity index (χ4v) is 2.32. The van der Waals surface area contributed by atoms with Gasteiger partial charge in [-0.15, -0.1) is 0 Å². The Balaban J connectivity index is 2.23. The normalized spacial score (nSPS) is 18.3. The second-order valence-corrected chi connectivity index (χ2v) is 5.51. The predicted molar refractivity (Wildman–Crippen MR) is 77.9 cm³/mol. The standard InChI is InChI=1S/C15H21N3O2/c1-9(2)13-16-10(3)12(15(20)18-13)14(19)17-11-7-5-4-6-8-11/h5,7,9,11H,4,6,8H2,1-3H3,(H,17,19)(H,16,18,20)/t11-/m0/s1. The molecule has 0 spiro atoms. The van der Waals surface area contributed by atoms with Gasteiger partial charge in [0.15, 0.2) is 0 Å². The maximum Gasteiger partial charge on any atom is 0.264 e. The van der Waals surface area contributed by atoms with E-state index in [1.54, 1.807) is 6.92 Å². The summed E-state index contributed by atoms with van der Waals surface area (Å²) in [6.07, 6.45) is 7.07. The molecule has 1 aliphatic rings. The van der Waals surface area contributed by atoms with E-state index in [1.807, 2.05) is 19.9 Å². The summed E-state index contributed by atoms with van der Waals surface area (Å²) in [7, 11) is 0. The minimum absolute atomic E-state index is 0.0137. The average molecular weight is 275 g/mol. The van der Waals surface area contributed by atoms with Gasteiger partial charge in [0.2, 0.25) is 0 Å². The van der Waals surface area contributed by atoms with Gasteiger partial charge in [-0.2, -0.15) is 0 Å². The number of rotatable bonds is 3. The second kappa shape index (κ2) is 6.03. The van der Waals surface area contributed by atoms with Crippen molar-refractivity contribution in [3.63, 3.8) is 0 Å². The van der Waals surface area contributed by atoms with Gasteiger partial charge in [-0.05, 0) is 26.2 Å². The van der Waals surface area contributed by atoms with E-state index in [2.05, 4.69) is 21.4 Å². The molecule has 5 nitrogen and oxygen atoms in total. The summed E-state index contributed by atoms with van der Waals surface area (Å²) in [5.41, 5.74) is 0.238. The molecule has 0 radical (unpaired) electrons. The molecule has 1 atom stereocenters. The molecule has 0 saturated carbocycles. The molecule has 1 aliphatic carbocycles. The summed E-state index contributed by atoms with van der Waals surface area (Å²) in [6, 6.07) is 0.0137. The summed E-state index contributed by atoms with van der Waals surface area (Å²) in [6.45, 7) is 5.60. The molecule has 20 heavy (non-hydrogen) atoms. The Kier molecular flexibility index (Phi) is 4.37. The molecule has 1 aromatic heterocycles. The number of nitrogens with zero attached hydrogens (tertiary/aromatic N) is 1. The molecule has 0 fully saturated rings. The Bertz CT molecular complexity index is 587. The molecule has 0 saturated heterocycles. The molecule has 1 aromatic rings. The molecule has 2 rings (SSSR count). The summed E-state index contributed by atoms with van der Waals surface area (Å²) in [4.78, 5) is 31.3. The molecule has 0 aromatic carbocycles. The number of aryl methyl sites for hydroxylation is 1. The lowest BCUT2D eigenvalue weighted by Gasteiger charge is -2.18. The molecule has 2 N–H and O–H groups in total. The summed E-state index contributed by atoms with van der Waals surface area (Å²) in [5, 5.41) is 2.88. The zero-order valence-corrected chi connectivity index (χ0v) is 12.2. The van der Waals surface area contributed by atoms with Crippen LogP contribution in [0.15, 0.2) is 16.9 Å². The van der Waals surface area contributed by atoms with E-state index in [0.717, 1.165) is 19.3 Å². The van der Waals surface area contributed by atoms with Crippen LogP contribution >= 0.6 is 0 Å². The molecule has 108 valence electrons. The molecule has 0 unspecified atom stereocenters. The van der Waals surface area contributed by atoms with Crippen LogP contribution in [-0.2, 0) is 0 Å². The number of aromatic nitrogens is 2. The van der Waals surface area contributed by atoms with E-state index in [4.69, 9.17) is 0 Å². The van der Waals surface area contributed by atoms with Crippen molar-refractivity contribution in [3.05, 3.63) is 39.6 Å². The number of hydrogen-bond acceptors (Lipinski definition) is 3. The van der Waals surface area contributed by atoms with E-state index < -0.39 is 0 Å². The third-order valence-electron chi connectivity index (χ3n) is 3.46. The molecule has 1 amide bonds. The van der Waals surface area contributed by atoms with Crippen molar-refractivity contribution in [2.45, 2.75) is 52.0 Å². The van der Waals surface area contributed by atoms with E-state index >= 15 is 0 Å². The Labute approximate surface area is 118 Å². The number of carbonyl (C=O) groups excluding carboxylic acids is 1. The number of amides is 1. The monoisotopic (exact) mass is 275 g/mol. The van der Waals surface area contributed by atoms with Crippen LogP contribution in [0.3, 0.4) is 0 Å². The van der Waals surface area contributed by atoms with Crippen LogP contribution in [0.2, 0.25) is 0 Å². The summed E-state index contributed by atoms with van der Waals surface area (Å²) >= 11 is 0. The molecular weight excluding hydrogens is 254 g/mol. The van der Waals surface area contributed by atoms with Crippen molar-refractivity contribution in [1.82, 2.24) is 15.3 Å². The maximum absolute atomic E-state index is 12.2. The molecule has 0 aliphatic heterocycles. The fraction of sp³-hybridized carbons (Fsp3) is 0.533. The first-order chi connectivity index (χ1) is 9.49. The minimum atomic E-state index is -0.363. The highest BCUT2D eigenvalue weighted by Gasteiger charge is 2.20. The van der Waals surface area contributed by atoms with Crippen LogP contribution in [0.25, 0.3) is 0 Å². The number of aromatic amines is 1. The van der Waals surface area contributed by atoms with Crippen molar-refractivity contribution in [2.75, 3.05) is 0 Å². The second-order valence-electron chi connectivity index (χ2n) is 5.51. The molecule has 5 heteroatoms. The highest BCUT2D eigenvalue weighted by molar-refractivity contribution is 5.95. The molecule has 1 heterocycles. The van der Waals surface area contributed by atoms with Crippen molar-refractivity contribution < 1.29 is 4.79 Å². The number of H-pyrrole nitrogens is 1. The topological polar surface area (TPSA) is 74.8 Å². The van der Waals surface area contributed by atoms with Gasteiger partial charge < -0.3 is 10.3 Å². The van der Waals surface area contributed by atoms with E-state index in [0.29, 0.717) is 11.5 Å². The van der Waals surface area contributed by atoms with Crippen LogP contribution in [0.5, 0.6) is 0 Å². The zero-order chi connectivity index (χ0) is 14.7. The Morgan fingerprint density at radius 1 is 1.50 bits per heavy atom. The SMILES string of the molecule is Cc1nc(C(C)C)[nH]c(=O)c1C(=O)N[C@H]1C=CCCC1. The number of carbonyl (C=O) groups is 1. The first-order valence-corrected chi connectivity index (χ1v) is 7.07. The maximum atomic E-state index is 12.2. The van der Waals surface area contributed by atoms with Gasteiger partial charge in [0.1, 0.15) is 11.4 Å². The van der Waals surface area contributed by atoms with E-state index in [-0.39, 0.29) is 29.0 Å². The fourth-order valence-electron chi connectivity index (χ4n) is 2.32. The van der Waals surface area contributed by atoms with Gasteiger partial charge in [0.25, 0.3) is 11.5 Å². The van der Waals surface area contributed by atoms with Crippen LogP contribution in [0.4, 0.5) is 0 Å². The first kappa shape index (κ1) is 14.5. The van der Waals surface area contributed by atoms with Gasteiger partial charge >= 0.3 is 0 Å². The van der Waals surface area contributed by atoms with E-state index in [9.17, 15) is 9.59 Å². The third-order valence-corrected chi connectivity index (χ3v) is 3.46. The van der Waals surface area contributed by atoms with Gasteiger partial charge in [0, 0.05) is 12.0 Å². The lowest BCUT2D eigenvalue weighted by atomic mass is 10.0. The van der Waals surface area contributed by atoms with Gasteiger partial charge in [-0.25, -0.2) is 4.98 Å². The predicted octanol–water partition coefficient (Wildman–Crippen LogP) is 2.04. The van der Waals surface area contributed by atoms with Crippen molar-refractivity contribution in [2.24, 2.45) is 0 Å². The van der Waals surface area contributed by atoms with E-state index in [1.165, 1.54) is 0 Å². The molecular formula is C15H21N3O2. The van der Waals surface area contributed by atoms with Crippen LogP contribution in [-0.4, -0.2) is 21.9 Å². The number of allylic oxidation sites excluding steroid dienone is 1. The number of nitrogens with one attached hydrogen (secondary N) is 2. The van der Waals surface area contributed by atoms with Gasteiger partial charge in [-0.1, -0.05) is 26.0 Å². The first-order valence-electron chi connectivity index (χ1n) is 7.07. The smallest absolute Gasteiger partial charge is 0.264 e. The van der Waals surface area contributed by atoms with Crippen LogP contribution in [0.1, 0.15) is 60.9 Å².